The highest BCUT2D eigenvalue weighted by atomic mass is 16.5. The van der Waals surface area contributed by atoms with Crippen LogP contribution < -0.4 is 14.8 Å². The Labute approximate surface area is 181 Å². The van der Waals surface area contributed by atoms with Gasteiger partial charge in [0.25, 0.3) is 0 Å². The lowest BCUT2D eigenvalue weighted by Gasteiger charge is -2.31. The molecular weight excluding hydrogens is 396 g/mol. The predicted octanol–water partition coefficient (Wildman–Crippen LogP) is 4.56. The van der Waals surface area contributed by atoms with Crippen molar-refractivity contribution in [3.8, 4) is 22.9 Å². The van der Waals surface area contributed by atoms with E-state index in [1.165, 1.54) is 0 Å². The summed E-state index contributed by atoms with van der Waals surface area (Å²) in [4.78, 5) is 19.2. The van der Waals surface area contributed by atoms with E-state index in [-0.39, 0.29) is 11.9 Å². The van der Waals surface area contributed by atoms with E-state index in [4.69, 9.17) is 14.0 Å². The van der Waals surface area contributed by atoms with Crippen molar-refractivity contribution in [3.63, 3.8) is 0 Å². The molecule has 1 aliphatic rings. The number of likely N-dealkylation sites (tertiary alicyclic amines) is 1. The van der Waals surface area contributed by atoms with Crippen LogP contribution in [0.25, 0.3) is 11.4 Å². The molecule has 2 heterocycles. The zero-order valence-electron chi connectivity index (χ0n) is 17.7. The van der Waals surface area contributed by atoms with Gasteiger partial charge >= 0.3 is 6.03 Å². The van der Waals surface area contributed by atoms with Gasteiger partial charge in [-0.2, -0.15) is 4.98 Å². The lowest BCUT2D eigenvalue weighted by atomic mass is 9.98. The van der Waals surface area contributed by atoms with Crippen molar-refractivity contribution in [1.82, 2.24) is 15.0 Å². The monoisotopic (exact) mass is 422 g/mol. The molecule has 1 saturated heterocycles. The molecule has 1 fully saturated rings. The first-order valence-electron chi connectivity index (χ1n) is 10.4. The Balaban J connectivity index is 1.43. The zero-order chi connectivity index (χ0) is 21.6. The number of hydrogen-bond acceptors (Lipinski definition) is 6. The van der Waals surface area contributed by atoms with Crippen LogP contribution in [0.15, 0.2) is 53.1 Å². The van der Waals surface area contributed by atoms with Gasteiger partial charge in [-0.15, -0.1) is 0 Å². The van der Waals surface area contributed by atoms with Crippen molar-refractivity contribution in [1.29, 1.82) is 0 Å². The highest BCUT2D eigenvalue weighted by molar-refractivity contribution is 5.91. The first-order chi connectivity index (χ1) is 15.2. The number of methoxy groups -OCH3 is 1. The van der Waals surface area contributed by atoms with Crippen molar-refractivity contribution >= 4 is 11.7 Å². The Hall–Kier alpha value is -3.55. The first kappa shape index (κ1) is 20.7. The fourth-order valence-electron chi connectivity index (χ4n) is 3.67. The molecule has 1 N–H and O–H groups in total. The summed E-state index contributed by atoms with van der Waals surface area (Å²) in [7, 11) is 1.63. The van der Waals surface area contributed by atoms with E-state index in [1.807, 2.05) is 55.5 Å². The van der Waals surface area contributed by atoms with Crippen LogP contribution in [0.4, 0.5) is 10.5 Å². The summed E-state index contributed by atoms with van der Waals surface area (Å²) in [6.07, 6.45) is 1.76. The van der Waals surface area contributed by atoms with Crippen LogP contribution in [0.3, 0.4) is 0 Å². The molecule has 4 rings (SSSR count). The first-order valence-corrected chi connectivity index (χ1v) is 10.4. The number of urea groups is 1. The molecule has 0 radical (unpaired) electrons. The van der Waals surface area contributed by atoms with Gasteiger partial charge in [0, 0.05) is 18.7 Å². The van der Waals surface area contributed by atoms with Crippen molar-refractivity contribution < 1.29 is 18.8 Å². The second-order valence-electron chi connectivity index (χ2n) is 7.33. The van der Waals surface area contributed by atoms with E-state index in [0.29, 0.717) is 42.8 Å². The topological polar surface area (TPSA) is 89.7 Å². The number of nitrogens with one attached hydrogen (secondary N) is 1. The molecule has 8 heteroatoms. The Kier molecular flexibility index (Phi) is 6.35. The minimum Gasteiger partial charge on any atom is -0.497 e. The van der Waals surface area contributed by atoms with Gasteiger partial charge in [-0.05, 0) is 56.2 Å². The number of rotatable bonds is 6. The van der Waals surface area contributed by atoms with Gasteiger partial charge in [-0.1, -0.05) is 17.3 Å². The fraction of sp³-hybridized carbons (Fsp3) is 0.348. The Bertz CT molecular complexity index is 1020. The van der Waals surface area contributed by atoms with E-state index in [0.717, 1.165) is 24.2 Å². The second kappa shape index (κ2) is 9.51. The molecule has 0 spiro atoms. The molecule has 0 unspecified atom stereocenters. The van der Waals surface area contributed by atoms with Gasteiger partial charge in [0.15, 0.2) is 0 Å². The molecule has 3 aromatic rings. The van der Waals surface area contributed by atoms with Crippen LogP contribution in [0.1, 0.15) is 31.6 Å². The molecule has 162 valence electrons. The summed E-state index contributed by atoms with van der Waals surface area (Å²) in [5.41, 5.74) is 1.52. The number of para-hydroxylation sites is 2. The van der Waals surface area contributed by atoms with Crippen molar-refractivity contribution in [3.05, 3.63) is 54.4 Å². The molecule has 1 aliphatic heterocycles. The van der Waals surface area contributed by atoms with E-state index in [2.05, 4.69) is 15.5 Å². The summed E-state index contributed by atoms with van der Waals surface area (Å²) < 4.78 is 16.3. The predicted molar refractivity (Wildman–Crippen MR) is 116 cm³/mol. The quantitative estimate of drug-likeness (QED) is 0.627. The van der Waals surface area contributed by atoms with E-state index in [9.17, 15) is 4.79 Å². The molecule has 2 aromatic carbocycles. The number of ether oxygens (including phenoxy) is 2. The van der Waals surface area contributed by atoms with Crippen LogP contribution in [-0.4, -0.2) is 47.9 Å². The number of amides is 2. The minimum atomic E-state index is -0.160. The molecule has 8 nitrogen and oxygen atoms in total. The van der Waals surface area contributed by atoms with Crippen LogP contribution in [0, 0.1) is 0 Å². The number of anilines is 1. The maximum Gasteiger partial charge on any atom is 0.321 e. The highest BCUT2D eigenvalue weighted by Crippen LogP contribution is 2.29. The van der Waals surface area contributed by atoms with Crippen LogP contribution >= 0.6 is 0 Å². The SMILES string of the molecule is CCOc1ccccc1NC(=O)N1CCC[C@@H](c2nc(-c3ccc(OC)cc3)no2)C1. The molecule has 31 heavy (non-hydrogen) atoms. The number of piperidine rings is 1. The maximum atomic E-state index is 12.9. The average Bonchev–Trinajstić information content (AvgIpc) is 3.31. The zero-order valence-corrected chi connectivity index (χ0v) is 17.7. The van der Waals surface area contributed by atoms with Gasteiger partial charge in [0.1, 0.15) is 11.5 Å². The van der Waals surface area contributed by atoms with Gasteiger partial charge in [0.05, 0.1) is 25.3 Å². The molecule has 0 bridgehead atoms. The van der Waals surface area contributed by atoms with Gasteiger partial charge in [-0.25, -0.2) is 4.79 Å². The summed E-state index contributed by atoms with van der Waals surface area (Å²) in [5.74, 6) is 2.52. The molecule has 2 amide bonds. The summed E-state index contributed by atoms with van der Waals surface area (Å²) in [5, 5.41) is 7.09. The lowest BCUT2D eigenvalue weighted by Crippen LogP contribution is -2.41. The maximum absolute atomic E-state index is 12.9. The second-order valence-corrected chi connectivity index (χ2v) is 7.33. The molecule has 0 aliphatic carbocycles. The smallest absolute Gasteiger partial charge is 0.321 e. The third-order valence-electron chi connectivity index (χ3n) is 5.28. The molecule has 0 saturated carbocycles. The molecule has 1 atom stereocenters. The van der Waals surface area contributed by atoms with E-state index >= 15 is 0 Å². The van der Waals surface area contributed by atoms with E-state index in [1.54, 1.807) is 12.0 Å². The Morgan fingerprint density at radius 2 is 2.03 bits per heavy atom. The summed E-state index contributed by atoms with van der Waals surface area (Å²) in [6.45, 7) is 3.65. The number of carbonyl (C=O) groups is 1. The fourth-order valence-corrected chi connectivity index (χ4v) is 3.67. The summed E-state index contributed by atoms with van der Waals surface area (Å²) >= 11 is 0. The number of benzene rings is 2. The van der Waals surface area contributed by atoms with Crippen molar-refractivity contribution in [2.75, 3.05) is 32.1 Å². The minimum absolute atomic E-state index is 0.00105. The van der Waals surface area contributed by atoms with Gasteiger partial charge < -0.3 is 24.2 Å². The largest absolute Gasteiger partial charge is 0.497 e. The molecular formula is C23H26N4O4. The Morgan fingerprint density at radius 3 is 2.81 bits per heavy atom. The number of hydrogen-bond donors (Lipinski definition) is 1. The standard InChI is InChI=1S/C23H26N4O4/c1-3-30-20-9-5-4-8-19(20)24-23(28)27-14-6-7-17(15-27)22-25-21(26-31-22)16-10-12-18(29-2)13-11-16/h4-5,8-13,17H,3,6-7,14-15H2,1-2H3,(H,24,28)/t17-/m1/s1. The van der Waals surface area contributed by atoms with Gasteiger partial charge in [-0.3, -0.25) is 0 Å². The lowest BCUT2D eigenvalue weighted by molar-refractivity contribution is 0.184. The third kappa shape index (κ3) is 4.79. The third-order valence-corrected chi connectivity index (χ3v) is 5.28. The highest BCUT2D eigenvalue weighted by Gasteiger charge is 2.29. The molecule has 1 aromatic heterocycles. The van der Waals surface area contributed by atoms with Crippen molar-refractivity contribution in [2.24, 2.45) is 0 Å². The summed E-state index contributed by atoms with van der Waals surface area (Å²) in [6, 6.07) is 14.8. The van der Waals surface area contributed by atoms with Crippen LogP contribution in [0.2, 0.25) is 0 Å². The van der Waals surface area contributed by atoms with Crippen molar-refractivity contribution in [2.45, 2.75) is 25.7 Å². The van der Waals surface area contributed by atoms with E-state index < -0.39 is 0 Å². The Morgan fingerprint density at radius 1 is 1.23 bits per heavy atom. The number of carbonyl (C=O) groups excluding carboxylic acids is 1. The van der Waals surface area contributed by atoms with Crippen LogP contribution in [-0.2, 0) is 0 Å². The number of nitrogens with zero attached hydrogens (tertiary/aromatic N) is 3. The van der Waals surface area contributed by atoms with Gasteiger partial charge in [0.2, 0.25) is 11.7 Å². The van der Waals surface area contributed by atoms with Crippen LogP contribution in [0.5, 0.6) is 11.5 Å². The average molecular weight is 422 g/mol. The number of aromatic nitrogens is 2. The normalized spacial score (nSPS) is 16.1.